The zero-order valence-electron chi connectivity index (χ0n) is 24.3. The molecule has 0 aliphatic heterocycles. The first-order valence-corrected chi connectivity index (χ1v) is 14.6. The largest absolute Gasteiger partial charge is 0.309 e. The summed E-state index contributed by atoms with van der Waals surface area (Å²) in [4.78, 5) is 9.15. The molecule has 0 radical (unpaired) electrons. The summed E-state index contributed by atoms with van der Waals surface area (Å²) in [6.45, 7) is 5.42. The van der Waals surface area contributed by atoms with Crippen LogP contribution in [0.3, 0.4) is 0 Å². The quantitative estimate of drug-likeness (QED) is 0.199. The van der Waals surface area contributed by atoms with Crippen molar-refractivity contribution in [1.82, 2.24) is 14.5 Å². The summed E-state index contributed by atoms with van der Waals surface area (Å²) in [6, 6.07) is 38.4. The van der Waals surface area contributed by atoms with E-state index in [9.17, 15) is 0 Å². The van der Waals surface area contributed by atoms with Crippen molar-refractivity contribution >= 4 is 23.1 Å². The maximum atomic E-state index is 4.63. The third-order valence-corrected chi connectivity index (χ3v) is 7.47. The van der Waals surface area contributed by atoms with Crippen molar-refractivity contribution in [3.05, 3.63) is 163 Å². The third kappa shape index (κ3) is 5.93. The molecule has 0 bridgehead atoms. The highest BCUT2D eigenvalue weighted by Crippen LogP contribution is 2.27. The van der Waals surface area contributed by atoms with E-state index in [1.807, 2.05) is 37.3 Å². The lowest BCUT2D eigenvalue weighted by molar-refractivity contribution is 1.07. The fraction of sp³-hybridized carbons (Fsp3) is 0.0500. The molecule has 1 aliphatic rings. The normalized spacial score (nSPS) is 12.0. The van der Waals surface area contributed by atoms with E-state index in [2.05, 4.69) is 136 Å². The van der Waals surface area contributed by atoms with Crippen molar-refractivity contribution in [2.24, 2.45) is 0 Å². The van der Waals surface area contributed by atoms with Crippen LogP contribution in [0.4, 0.5) is 0 Å². The molecular formula is C40H33N3. The van der Waals surface area contributed by atoms with Gasteiger partial charge < -0.3 is 4.57 Å². The molecule has 43 heavy (non-hydrogen) atoms. The fourth-order valence-corrected chi connectivity index (χ4v) is 5.45. The van der Waals surface area contributed by atoms with Gasteiger partial charge in [0.25, 0.3) is 0 Å². The van der Waals surface area contributed by atoms with Crippen LogP contribution in [0.25, 0.3) is 62.4 Å². The Balaban J connectivity index is 0.000000611. The van der Waals surface area contributed by atoms with E-state index < -0.39 is 0 Å². The van der Waals surface area contributed by atoms with Gasteiger partial charge >= 0.3 is 0 Å². The molecule has 2 aromatic heterocycles. The van der Waals surface area contributed by atoms with E-state index in [0.29, 0.717) is 0 Å². The van der Waals surface area contributed by atoms with E-state index in [1.54, 1.807) is 12.4 Å². The predicted octanol–water partition coefficient (Wildman–Crippen LogP) is 8.69. The molecule has 2 heterocycles. The fourth-order valence-electron chi connectivity index (χ4n) is 5.45. The van der Waals surface area contributed by atoms with Crippen LogP contribution in [0.15, 0.2) is 152 Å². The molecule has 0 atom stereocenters. The first kappa shape index (κ1) is 27.6. The number of hydrogen-bond donors (Lipinski definition) is 0. The molecule has 3 heteroatoms. The van der Waals surface area contributed by atoms with E-state index >= 15 is 0 Å². The summed E-state index contributed by atoms with van der Waals surface area (Å²) in [5, 5.41) is 3.74. The zero-order chi connectivity index (χ0) is 29.4. The van der Waals surface area contributed by atoms with Gasteiger partial charge in [-0.3, -0.25) is 0 Å². The van der Waals surface area contributed by atoms with Gasteiger partial charge in [-0.05, 0) is 54.8 Å². The molecule has 0 saturated carbocycles. The lowest BCUT2D eigenvalue weighted by atomic mass is 10.0. The highest BCUT2D eigenvalue weighted by molar-refractivity contribution is 5.89. The van der Waals surface area contributed by atoms with Gasteiger partial charge in [0.15, 0.2) is 0 Å². The molecule has 0 unspecified atom stereocenters. The lowest BCUT2D eigenvalue weighted by Gasteiger charge is -2.11. The standard InChI is InChI=1S/C35H25N3.C5H8/c1-4-11-25(12-5-1)27-19-20-31-30-17-8-3-9-18-34(30)38(35(31)22-27)29-16-10-15-28(21-29)33-23-32(36-24-37-33)26-13-6-2-7-14-26;1-3-5-4-2/h1-7,9-24H,8H2;3-5H,1H2,2H3/b;5-4-. The average Bonchev–Trinajstić information content (AvgIpc) is 3.19. The number of aromatic nitrogens is 3. The Morgan fingerprint density at radius 1 is 0.721 bits per heavy atom. The smallest absolute Gasteiger partial charge is 0.116 e. The van der Waals surface area contributed by atoms with E-state index in [4.69, 9.17) is 0 Å². The van der Waals surface area contributed by atoms with E-state index in [-0.39, 0.29) is 0 Å². The van der Waals surface area contributed by atoms with Gasteiger partial charge in [0.1, 0.15) is 6.33 Å². The summed E-state index contributed by atoms with van der Waals surface area (Å²) < 4.78 is 2.38. The second kappa shape index (κ2) is 13.0. The number of allylic oxidation sites excluding steroid dienone is 5. The van der Waals surface area contributed by atoms with Crippen LogP contribution in [-0.4, -0.2) is 14.5 Å². The van der Waals surface area contributed by atoms with Gasteiger partial charge in [0.05, 0.1) is 22.3 Å². The van der Waals surface area contributed by atoms with Crippen LogP contribution in [0.1, 0.15) is 13.3 Å². The molecule has 208 valence electrons. The summed E-state index contributed by atoms with van der Waals surface area (Å²) in [6.07, 6.45) is 17.1. The number of rotatable bonds is 5. The van der Waals surface area contributed by atoms with Gasteiger partial charge in [-0.25, -0.2) is 9.97 Å². The summed E-state index contributed by atoms with van der Waals surface area (Å²) in [5.41, 5.74) is 8.70. The van der Waals surface area contributed by atoms with Crippen molar-refractivity contribution in [3.8, 4) is 39.3 Å². The Hall–Kier alpha value is -5.54. The molecule has 1 aliphatic carbocycles. The Bertz CT molecular complexity index is 2060. The number of benzene rings is 4. The summed E-state index contributed by atoms with van der Waals surface area (Å²) in [7, 11) is 0. The number of nitrogens with zero attached hydrogens (tertiary/aromatic N) is 3. The first-order chi connectivity index (χ1) is 21.3. The highest BCUT2D eigenvalue weighted by Gasteiger charge is 2.13. The van der Waals surface area contributed by atoms with Crippen LogP contribution in [0, 0.1) is 0 Å². The monoisotopic (exact) mass is 555 g/mol. The van der Waals surface area contributed by atoms with Crippen molar-refractivity contribution in [3.63, 3.8) is 0 Å². The van der Waals surface area contributed by atoms with Crippen molar-refractivity contribution in [2.75, 3.05) is 0 Å². The zero-order valence-corrected chi connectivity index (χ0v) is 24.3. The van der Waals surface area contributed by atoms with Crippen molar-refractivity contribution in [1.29, 1.82) is 0 Å². The van der Waals surface area contributed by atoms with Crippen LogP contribution < -0.4 is 10.6 Å². The average molecular weight is 556 g/mol. The Labute approximate surface area is 252 Å². The summed E-state index contributed by atoms with van der Waals surface area (Å²) in [5.74, 6) is 0. The Morgan fingerprint density at radius 2 is 1.44 bits per heavy atom. The molecule has 0 N–H and O–H groups in total. The maximum absolute atomic E-state index is 4.63. The minimum absolute atomic E-state index is 0.906. The third-order valence-electron chi connectivity index (χ3n) is 7.47. The van der Waals surface area contributed by atoms with Gasteiger partial charge in [0.2, 0.25) is 0 Å². The predicted molar refractivity (Wildman–Crippen MR) is 182 cm³/mol. The molecule has 4 aromatic carbocycles. The van der Waals surface area contributed by atoms with Crippen LogP contribution in [-0.2, 0) is 0 Å². The SMILES string of the molecule is C1=CCC=c2c(n(-c3cccc(-c4cc(-c5ccccc5)ncn4)c3)c3cc(-c4ccccc4)ccc23)=C1.C=C/C=C\C. The number of fused-ring (bicyclic) bond motifs is 3. The second-order valence-corrected chi connectivity index (χ2v) is 10.2. The van der Waals surface area contributed by atoms with Crippen molar-refractivity contribution < 1.29 is 0 Å². The van der Waals surface area contributed by atoms with Crippen molar-refractivity contribution in [2.45, 2.75) is 13.3 Å². The minimum atomic E-state index is 0.906. The van der Waals surface area contributed by atoms with E-state index in [1.165, 1.54) is 32.6 Å². The topological polar surface area (TPSA) is 30.7 Å². The molecular weight excluding hydrogens is 522 g/mol. The van der Waals surface area contributed by atoms with Gasteiger partial charge in [-0.15, -0.1) is 0 Å². The molecule has 0 amide bonds. The Kier molecular flexibility index (Phi) is 8.33. The van der Waals surface area contributed by atoms with Gasteiger partial charge in [-0.1, -0.05) is 128 Å². The molecule has 6 aromatic rings. The van der Waals surface area contributed by atoms with Crippen LogP contribution in [0.5, 0.6) is 0 Å². The Morgan fingerprint density at radius 3 is 2.16 bits per heavy atom. The lowest BCUT2D eigenvalue weighted by Crippen LogP contribution is -2.27. The first-order valence-electron chi connectivity index (χ1n) is 14.6. The van der Waals surface area contributed by atoms with Gasteiger partial charge in [0, 0.05) is 27.4 Å². The molecule has 0 saturated heterocycles. The molecule has 0 fully saturated rings. The van der Waals surface area contributed by atoms with Crippen LogP contribution in [0.2, 0.25) is 0 Å². The molecule has 3 nitrogen and oxygen atoms in total. The maximum Gasteiger partial charge on any atom is 0.116 e. The van der Waals surface area contributed by atoms with Gasteiger partial charge in [-0.2, -0.15) is 0 Å². The second-order valence-electron chi connectivity index (χ2n) is 10.2. The molecule has 7 rings (SSSR count). The highest BCUT2D eigenvalue weighted by atomic mass is 15.0. The van der Waals surface area contributed by atoms with Crippen LogP contribution >= 0.6 is 0 Å². The summed E-state index contributed by atoms with van der Waals surface area (Å²) >= 11 is 0. The van der Waals surface area contributed by atoms with E-state index in [0.717, 1.165) is 34.6 Å². The molecule has 0 spiro atoms. The minimum Gasteiger partial charge on any atom is -0.309 e. The number of hydrogen-bond acceptors (Lipinski definition) is 2.